The minimum Gasteiger partial charge on any atom is -0.481 e. The third kappa shape index (κ3) is 4.30. The normalized spacial score (nSPS) is 13.0. The summed E-state index contributed by atoms with van der Waals surface area (Å²) in [5, 5.41) is 10.7. The molecule has 0 aliphatic heterocycles. The number of hydrogen-bond donors (Lipinski definition) is 2. The predicted molar refractivity (Wildman–Crippen MR) is 65.6 cm³/mol. The van der Waals surface area contributed by atoms with Crippen LogP contribution in [0.4, 0.5) is 0 Å². The fourth-order valence-corrected chi connectivity index (χ4v) is 2.55. The van der Waals surface area contributed by atoms with E-state index in [1.807, 2.05) is 7.05 Å². The van der Waals surface area contributed by atoms with Crippen LogP contribution >= 0.6 is 11.3 Å². The molecule has 0 aromatic carbocycles. The van der Waals surface area contributed by atoms with Crippen molar-refractivity contribution in [3.8, 4) is 0 Å². The SMILES string of the molecule is Cc1ccsc1CN(C)CC(N)CC(=O)O. The summed E-state index contributed by atoms with van der Waals surface area (Å²) in [6.07, 6.45) is 0.0216. The molecule has 0 aliphatic carbocycles. The second kappa shape index (κ2) is 5.98. The Morgan fingerprint density at radius 3 is 2.88 bits per heavy atom. The van der Waals surface area contributed by atoms with Gasteiger partial charge in [0, 0.05) is 24.0 Å². The van der Waals surface area contributed by atoms with Gasteiger partial charge < -0.3 is 10.8 Å². The van der Waals surface area contributed by atoms with E-state index in [2.05, 4.69) is 23.3 Å². The zero-order valence-corrected chi connectivity index (χ0v) is 10.5. The van der Waals surface area contributed by atoms with Crippen LogP contribution in [0.1, 0.15) is 16.9 Å². The molecular formula is C11H18N2O2S. The van der Waals surface area contributed by atoms with Crippen molar-refractivity contribution >= 4 is 17.3 Å². The van der Waals surface area contributed by atoms with Gasteiger partial charge in [-0.1, -0.05) is 0 Å². The van der Waals surface area contributed by atoms with Crippen LogP contribution in [0.5, 0.6) is 0 Å². The predicted octanol–water partition coefficient (Wildman–Crippen LogP) is 1.29. The van der Waals surface area contributed by atoms with Crippen LogP contribution in [0.3, 0.4) is 0 Å². The Morgan fingerprint density at radius 2 is 2.38 bits per heavy atom. The van der Waals surface area contributed by atoms with Crippen LogP contribution in [-0.2, 0) is 11.3 Å². The number of thiophene rings is 1. The molecule has 0 spiro atoms. The Balaban J connectivity index is 2.39. The Bertz CT molecular complexity index is 352. The summed E-state index contributed by atoms with van der Waals surface area (Å²) in [4.78, 5) is 13.8. The fourth-order valence-electron chi connectivity index (χ4n) is 1.56. The average Bonchev–Trinajstić information content (AvgIpc) is 2.49. The molecule has 1 heterocycles. The van der Waals surface area contributed by atoms with E-state index in [9.17, 15) is 4.79 Å². The molecule has 1 rings (SSSR count). The molecule has 1 aromatic rings. The van der Waals surface area contributed by atoms with Crippen LogP contribution in [0, 0.1) is 6.92 Å². The average molecular weight is 242 g/mol. The van der Waals surface area contributed by atoms with Crippen molar-refractivity contribution in [3.63, 3.8) is 0 Å². The maximum absolute atomic E-state index is 10.5. The zero-order chi connectivity index (χ0) is 12.1. The molecular weight excluding hydrogens is 224 g/mol. The van der Waals surface area contributed by atoms with Crippen LogP contribution in [0.2, 0.25) is 0 Å². The molecule has 1 aromatic heterocycles. The Hall–Kier alpha value is -0.910. The molecule has 16 heavy (non-hydrogen) atoms. The summed E-state index contributed by atoms with van der Waals surface area (Å²) in [5.41, 5.74) is 7.00. The number of aliphatic carboxylic acids is 1. The largest absolute Gasteiger partial charge is 0.481 e. The second-order valence-corrected chi connectivity index (χ2v) is 5.08. The van der Waals surface area contributed by atoms with Gasteiger partial charge in [0.2, 0.25) is 0 Å². The third-order valence-electron chi connectivity index (χ3n) is 2.36. The second-order valence-electron chi connectivity index (χ2n) is 4.08. The molecule has 4 nitrogen and oxygen atoms in total. The maximum atomic E-state index is 10.5. The van der Waals surface area contributed by atoms with Crippen LogP contribution < -0.4 is 5.73 Å². The number of aryl methyl sites for hydroxylation is 1. The topological polar surface area (TPSA) is 66.6 Å². The maximum Gasteiger partial charge on any atom is 0.304 e. The summed E-state index contributed by atoms with van der Waals surface area (Å²) in [5.74, 6) is -0.840. The van der Waals surface area contributed by atoms with E-state index >= 15 is 0 Å². The molecule has 1 unspecified atom stereocenters. The highest BCUT2D eigenvalue weighted by atomic mass is 32.1. The monoisotopic (exact) mass is 242 g/mol. The van der Waals surface area contributed by atoms with Gasteiger partial charge >= 0.3 is 5.97 Å². The van der Waals surface area contributed by atoms with Crippen molar-refractivity contribution < 1.29 is 9.90 Å². The lowest BCUT2D eigenvalue weighted by atomic mass is 10.2. The minimum atomic E-state index is -0.840. The standard InChI is InChI=1S/C11H18N2O2S/c1-8-3-4-16-10(8)7-13(2)6-9(12)5-11(14)15/h3-4,9H,5-7,12H2,1-2H3,(H,14,15). The first-order chi connectivity index (χ1) is 7.49. The van der Waals surface area contributed by atoms with Crippen molar-refractivity contribution in [3.05, 3.63) is 21.9 Å². The number of rotatable bonds is 6. The van der Waals surface area contributed by atoms with Crippen LogP contribution in [0.15, 0.2) is 11.4 Å². The Kier molecular flexibility index (Phi) is 4.92. The summed E-state index contributed by atoms with van der Waals surface area (Å²) in [6, 6.07) is 1.79. The summed E-state index contributed by atoms with van der Waals surface area (Å²) >= 11 is 1.72. The van der Waals surface area contributed by atoms with Crippen LogP contribution in [-0.4, -0.2) is 35.6 Å². The molecule has 0 bridgehead atoms. The van der Waals surface area contributed by atoms with Gasteiger partial charge in [0.05, 0.1) is 6.42 Å². The molecule has 0 amide bonds. The van der Waals surface area contributed by atoms with Gasteiger partial charge in [0.15, 0.2) is 0 Å². The van der Waals surface area contributed by atoms with Gasteiger partial charge in [-0.25, -0.2) is 0 Å². The van der Waals surface area contributed by atoms with Gasteiger partial charge in [-0.05, 0) is 31.0 Å². The van der Waals surface area contributed by atoms with Gasteiger partial charge in [-0.15, -0.1) is 11.3 Å². The first kappa shape index (κ1) is 13.2. The molecule has 0 aliphatic rings. The highest BCUT2D eigenvalue weighted by molar-refractivity contribution is 7.10. The zero-order valence-electron chi connectivity index (χ0n) is 9.64. The van der Waals surface area contributed by atoms with E-state index in [4.69, 9.17) is 10.8 Å². The number of carboxylic acid groups (broad SMARTS) is 1. The van der Waals surface area contributed by atoms with E-state index in [-0.39, 0.29) is 12.5 Å². The van der Waals surface area contributed by atoms with E-state index < -0.39 is 5.97 Å². The van der Waals surface area contributed by atoms with E-state index in [1.165, 1.54) is 10.4 Å². The Labute approximate surface area is 99.7 Å². The van der Waals surface area contributed by atoms with Crippen molar-refractivity contribution in [1.29, 1.82) is 0 Å². The van der Waals surface area contributed by atoms with E-state index in [1.54, 1.807) is 11.3 Å². The lowest BCUT2D eigenvalue weighted by Gasteiger charge is -2.19. The summed E-state index contributed by atoms with van der Waals surface area (Å²) in [6.45, 7) is 3.51. The van der Waals surface area contributed by atoms with Crippen LogP contribution in [0.25, 0.3) is 0 Å². The van der Waals surface area contributed by atoms with Gasteiger partial charge in [0.1, 0.15) is 0 Å². The van der Waals surface area contributed by atoms with Crippen molar-refractivity contribution in [1.82, 2.24) is 4.90 Å². The molecule has 0 fully saturated rings. The first-order valence-electron chi connectivity index (χ1n) is 5.18. The first-order valence-corrected chi connectivity index (χ1v) is 6.06. The van der Waals surface area contributed by atoms with Gasteiger partial charge in [-0.2, -0.15) is 0 Å². The fraction of sp³-hybridized carbons (Fsp3) is 0.545. The number of carbonyl (C=O) groups is 1. The minimum absolute atomic E-state index is 0.0216. The third-order valence-corrected chi connectivity index (χ3v) is 3.37. The quantitative estimate of drug-likeness (QED) is 0.789. The van der Waals surface area contributed by atoms with Crippen molar-refractivity contribution in [2.75, 3.05) is 13.6 Å². The molecule has 90 valence electrons. The lowest BCUT2D eigenvalue weighted by molar-refractivity contribution is -0.137. The van der Waals surface area contributed by atoms with E-state index in [0.29, 0.717) is 6.54 Å². The van der Waals surface area contributed by atoms with Gasteiger partial charge in [-0.3, -0.25) is 9.69 Å². The van der Waals surface area contributed by atoms with E-state index in [0.717, 1.165) is 6.54 Å². The van der Waals surface area contributed by atoms with Crippen molar-refractivity contribution in [2.45, 2.75) is 25.9 Å². The molecule has 0 saturated carbocycles. The smallest absolute Gasteiger partial charge is 0.304 e. The number of likely N-dealkylation sites (N-methyl/N-ethyl adjacent to an activating group) is 1. The molecule has 0 saturated heterocycles. The molecule has 1 atom stereocenters. The highest BCUT2D eigenvalue weighted by Gasteiger charge is 2.12. The van der Waals surface area contributed by atoms with Gasteiger partial charge in [0.25, 0.3) is 0 Å². The highest BCUT2D eigenvalue weighted by Crippen LogP contribution is 2.17. The van der Waals surface area contributed by atoms with Crippen molar-refractivity contribution in [2.24, 2.45) is 5.73 Å². The number of nitrogens with two attached hydrogens (primary N) is 1. The Morgan fingerprint density at radius 1 is 1.69 bits per heavy atom. The number of hydrogen-bond acceptors (Lipinski definition) is 4. The lowest BCUT2D eigenvalue weighted by Crippen LogP contribution is -2.36. The summed E-state index contributed by atoms with van der Waals surface area (Å²) in [7, 11) is 1.96. The molecule has 3 N–H and O–H groups in total. The number of carboxylic acids is 1. The molecule has 5 heteroatoms. The number of nitrogens with zero attached hydrogens (tertiary/aromatic N) is 1. The summed E-state index contributed by atoms with van der Waals surface area (Å²) < 4.78 is 0. The molecule has 0 radical (unpaired) electrons.